The molecule has 0 bridgehead atoms. The molecule has 0 amide bonds. The van der Waals surface area contributed by atoms with Crippen LogP contribution in [-0.4, -0.2) is 23.6 Å². The van der Waals surface area contributed by atoms with Crippen LogP contribution in [-0.2, 0) is 19.1 Å². The van der Waals surface area contributed by atoms with Crippen LogP contribution in [0.3, 0.4) is 0 Å². The first kappa shape index (κ1) is 21.1. The SMILES string of the molecule is COc1ccc(CN(CCc2ccccn2)c2nc(C(F)(F)F)ccc2C#N)cc1. The van der Waals surface area contributed by atoms with E-state index in [0.717, 1.165) is 23.4 Å². The maximum atomic E-state index is 13.2. The van der Waals surface area contributed by atoms with Gasteiger partial charge < -0.3 is 9.64 Å². The topological polar surface area (TPSA) is 62.0 Å². The molecule has 1 aromatic carbocycles. The van der Waals surface area contributed by atoms with Crippen LogP contribution in [0.2, 0.25) is 0 Å². The number of nitrogens with zero attached hydrogens (tertiary/aromatic N) is 4. The summed E-state index contributed by atoms with van der Waals surface area (Å²) in [4.78, 5) is 9.73. The van der Waals surface area contributed by atoms with E-state index in [2.05, 4.69) is 9.97 Å². The van der Waals surface area contributed by atoms with Gasteiger partial charge in [0, 0.05) is 31.4 Å². The number of methoxy groups -OCH3 is 1. The Labute approximate surface area is 172 Å². The van der Waals surface area contributed by atoms with Crippen molar-refractivity contribution in [2.24, 2.45) is 0 Å². The van der Waals surface area contributed by atoms with Gasteiger partial charge in [-0.1, -0.05) is 18.2 Å². The minimum Gasteiger partial charge on any atom is -0.497 e. The third-order valence-corrected chi connectivity index (χ3v) is 4.48. The molecule has 0 atom stereocenters. The van der Waals surface area contributed by atoms with Gasteiger partial charge >= 0.3 is 6.18 Å². The first-order valence-electron chi connectivity index (χ1n) is 9.17. The summed E-state index contributed by atoms with van der Waals surface area (Å²) in [5.41, 5.74) is 0.689. The lowest BCUT2D eigenvalue weighted by atomic mass is 10.1. The van der Waals surface area contributed by atoms with E-state index in [1.807, 2.05) is 30.3 Å². The number of halogens is 3. The summed E-state index contributed by atoms with van der Waals surface area (Å²) in [6, 6.07) is 16.6. The number of anilines is 1. The fourth-order valence-electron chi connectivity index (χ4n) is 2.94. The van der Waals surface area contributed by atoms with E-state index >= 15 is 0 Å². The van der Waals surface area contributed by atoms with E-state index in [9.17, 15) is 18.4 Å². The first-order chi connectivity index (χ1) is 14.4. The number of alkyl halides is 3. The number of aromatic nitrogens is 2. The van der Waals surface area contributed by atoms with Crippen molar-refractivity contribution in [1.29, 1.82) is 5.26 Å². The molecule has 0 aliphatic heterocycles. The monoisotopic (exact) mass is 412 g/mol. The van der Waals surface area contributed by atoms with Gasteiger partial charge in [0.1, 0.15) is 23.3 Å². The van der Waals surface area contributed by atoms with E-state index in [1.54, 1.807) is 36.4 Å². The van der Waals surface area contributed by atoms with E-state index in [-0.39, 0.29) is 17.9 Å². The van der Waals surface area contributed by atoms with Gasteiger partial charge in [0.15, 0.2) is 0 Å². The number of hydrogen-bond donors (Lipinski definition) is 0. The summed E-state index contributed by atoms with van der Waals surface area (Å²) in [7, 11) is 1.56. The molecule has 0 radical (unpaired) electrons. The Morgan fingerprint density at radius 1 is 1.07 bits per heavy atom. The Kier molecular flexibility index (Phi) is 6.52. The second-order valence-electron chi connectivity index (χ2n) is 6.52. The predicted molar refractivity (Wildman–Crippen MR) is 106 cm³/mol. The van der Waals surface area contributed by atoms with E-state index in [4.69, 9.17) is 4.74 Å². The lowest BCUT2D eigenvalue weighted by Crippen LogP contribution is -2.28. The summed E-state index contributed by atoms with van der Waals surface area (Å²) in [6.45, 7) is 0.617. The van der Waals surface area contributed by atoms with Crippen molar-refractivity contribution in [3.05, 3.63) is 83.3 Å². The minimum atomic E-state index is -4.60. The van der Waals surface area contributed by atoms with Crippen LogP contribution in [0.5, 0.6) is 5.75 Å². The predicted octanol–water partition coefficient (Wildman–Crippen LogP) is 4.62. The Hall–Kier alpha value is -3.60. The second-order valence-corrected chi connectivity index (χ2v) is 6.52. The van der Waals surface area contributed by atoms with Crippen LogP contribution in [0, 0.1) is 11.3 Å². The van der Waals surface area contributed by atoms with Crippen LogP contribution in [0.4, 0.5) is 19.0 Å². The molecule has 0 fully saturated rings. The zero-order valence-corrected chi connectivity index (χ0v) is 16.2. The Bertz CT molecular complexity index is 1020. The van der Waals surface area contributed by atoms with Crippen LogP contribution < -0.4 is 9.64 Å². The summed E-state index contributed by atoms with van der Waals surface area (Å²) >= 11 is 0. The van der Waals surface area contributed by atoms with Gasteiger partial charge in [-0.3, -0.25) is 4.98 Å². The summed E-state index contributed by atoms with van der Waals surface area (Å²) in [5, 5.41) is 9.45. The van der Waals surface area contributed by atoms with Crippen LogP contribution in [0.1, 0.15) is 22.5 Å². The lowest BCUT2D eigenvalue weighted by Gasteiger charge is -2.25. The Balaban J connectivity index is 1.96. The molecule has 5 nitrogen and oxygen atoms in total. The summed E-state index contributed by atoms with van der Waals surface area (Å²) < 4.78 is 44.9. The van der Waals surface area contributed by atoms with Crippen molar-refractivity contribution in [1.82, 2.24) is 9.97 Å². The molecule has 30 heavy (non-hydrogen) atoms. The van der Waals surface area contributed by atoms with Crippen molar-refractivity contribution < 1.29 is 17.9 Å². The highest BCUT2D eigenvalue weighted by atomic mass is 19.4. The summed E-state index contributed by atoms with van der Waals surface area (Å²) in [5.74, 6) is 0.674. The zero-order valence-electron chi connectivity index (χ0n) is 16.2. The fourth-order valence-corrected chi connectivity index (χ4v) is 2.94. The number of nitriles is 1. The molecule has 0 spiro atoms. The van der Waals surface area contributed by atoms with Crippen molar-refractivity contribution in [2.45, 2.75) is 19.1 Å². The van der Waals surface area contributed by atoms with Crippen molar-refractivity contribution in [3.8, 4) is 11.8 Å². The van der Waals surface area contributed by atoms with Gasteiger partial charge in [-0.05, 0) is 42.0 Å². The van der Waals surface area contributed by atoms with Gasteiger partial charge in [-0.2, -0.15) is 18.4 Å². The molecule has 0 saturated heterocycles. The molecule has 0 N–H and O–H groups in total. The molecule has 0 aliphatic carbocycles. The van der Waals surface area contributed by atoms with Crippen LogP contribution in [0.25, 0.3) is 0 Å². The van der Waals surface area contributed by atoms with Gasteiger partial charge in [-0.15, -0.1) is 0 Å². The average Bonchev–Trinajstić information content (AvgIpc) is 2.76. The normalized spacial score (nSPS) is 11.0. The molecule has 0 saturated carbocycles. The van der Waals surface area contributed by atoms with Crippen LogP contribution in [0.15, 0.2) is 60.8 Å². The highest BCUT2D eigenvalue weighted by Gasteiger charge is 2.33. The number of ether oxygens (including phenoxy) is 1. The fraction of sp³-hybridized carbons (Fsp3) is 0.227. The number of hydrogen-bond acceptors (Lipinski definition) is 5. The molecule has 0 aliphatic rings. The van der Waals surface area contributed by atoms with Gasteiger partial charge in [0.2, 0.25) is 0 Å². The molecular weight excluding hydrogens is 393 g/mol. The average molecular weight is 412 g/mol. The second kappa shape index (κ2) is 9.27. The lowest BCUT2D eigenvalue weighted by molar-refractivity contribution is -0.141. The van der Waals surface area contributed by atoms with Crippen LogP contribution >= 0.6 is 0 Å². The maximum absolute atomic E-state index is 13.2. The number of benzene rings is 1. The van der Waals surface area contributed by atoms with E-state index < -0.39 is 11.9 Å². The van der Waals surface area contributed by atoms with E-state index in [1.165, 1.54) is 0 Å². The molecule has 8 heteroatoms. The molecule has 154 valence electrons. The Morgan fingerprint density at radius 2 is 1.83 bits per heavy atom. The quantitative estimate of drug-likeness (QED) is 0.567. The van der Waals surface area contributed by atoms with E-state index in [0.29, 0.717) is 18.7 Å². The zero-order chi connectivity index (χ0) is 21.6. The Morgan fingerprint density at radius 3 is 2.43 bits per heavy atom. The van der Waals surface area contributed by atoms with Gasteiger partial charge in [-0.25, -0.2) is 4.98 Å². The number of pyridine rings is 2. The smallest absolute Gasteiger partial charge is 0.433 e. The molecule has 2 aromatic heterocycles. The maximum Gasteiger partial charge on any atom is 0.433 e. The number of rotatable bonds is 7. The third kappa shape index (κ3) is 5.26. The first-order valence-corrected chi connectivity index (χ1v) is 9.17. The van der Waals surface area contributed by atoms with Crippen molar-refractivity contribution in [3.63, 3.8) is 0 Å². The molecular formula is C22H19F3N4O. The highest BCUT2D eigenvalue weighted by Crippen LogP contribution is 2.31. The van der Waals surface area contributed by atoms with Gasteiger partial charge in [0.25, 0.3) is 0 Å². The van der Waals surface area contributed by atoms with Crippen molar-refractivity contribution in [2.75, 3.05) is 18.6 Å². The van der Waals surface area contributed by atoms with Gasteiger partial charge in [0.05, 0.1) is 12.7 Å². The standard InChI is InChI=1S/C22H19F3N4O/c1-30-19-8-5-16(6-9-19)15-29(13-11-18-4-2-3-12-27-18)21-17(14-26)7-10-20(28-21)22(23,24)25/h2-10,12H,11,13,15H2,1H3. The molecule has 3 aromatic rings. The molecule has 2 heterocycles. The summed E-state index contributed by atoms with van der Waals surface area (Å²) in [6.07, 6.45) is -2.46. The van der Waals surface area contributed by atoms with Crippen molar-refractivity contribution >= 4 is 5.82 Å². The highest BCUT2D eigenvalue weighted by molar-refractivity contribution is 5.55. The third-order valence-electron chi connectivity index (χ3n) is 4.48. The molecule has 0 unspecified atom stereocenters. The largest absolute Gasteiger partial charge is 0.497 e. The molecule has 3 rings (SSSR count). The minimum absolute atomic E-state index is 0.000857.